The van der Waals surface area contributed by atoms with Crippen LogP contribution in [0.2, 0.25) is 0 Å². The van der Waals surface area contributed by atoms with Crippen LogP contribution in [0.15, 0.2) is 76.9 Å². The molecule has 2 saturated heterocycles. The number of carbonyl (C=O) groups excluding carboxylic acids is 4. The predicted molar refractivity (Wildman–Crippen MR) is 104 cm³/mol. The molecule has 2 fully saturated rings. The lowest BCUT2D eigenvalue weighted by Crippen LogP contribution is -2.61. The summed E-state index contributed by atoms with van der Waals surface area (Å²) >= 11 is 0. The summed E-state index contributed by atoms with van der Waals surface area (Å²) in [5.41, 5.74) is 1.18. The molecule has 0 spiro atoms. The molecular formula is C22H17N3O4. The van der Waals surface area contributed by atoms with E-state index in [4.69, 9.17) is 0 Å². The lowest BCUT2D eigenvalue weighted by molar-refractivity contribution is -0.144. The molecule has 29 heavy (non-hydrogen) atoms. The number of para-hydroxylation sites is 1. The largest absolute Gasteiger partial charge is 0.289 e. The van der Waals surface area contributed by atoms with E-state index in [1.54, 1.807) is 50.4 Å². The van der Waals surface area contributed by atoms with E-state index in [0.29, 0.717) is 28.0 Å². The summed E-state index contributed by atoms with van der Waals surface area (Å²) in [4.78, 5) is 51.7. The Bertz CT molecular complexity index is 1080. The highest BCUT2D eigenvalue weighted by molar-refractivity contribution is 6.21. The zero-order valence-corrected chi connectivity index (χ0v) is 15.8. The number of amides is 4. The van der Waals surface area contributed by atoms with Crippen molar-refractivity contribution >= 4 is 29.3 Å². The molecule has 7 nitrogen and oxygen atoms in total. The van der Waals surface area contributed by atoms with Gasteiger partial charge in [-0.25, -0.2) is 0 Å². The Balaban J connectivity index is 1.69. The van der Waals surface area contributed by atoms with Gasteiger partial charge >= 0.3 is 0 Å². The van der Waals surface area contributed by atoms with Crippen LogP contribution in [0.5, 0.6) is 0 Å². The van der Waals surface area contributed by atoms with Gasteiger partial charge in [0.15, 0.2) is 0 Å². The summed E-state index contributed by atoms with van der Waals surface area (Å²) in [7, 11) is 1.65. The Morgan fingerprint density at radius 1 is 0.862 bits per heavy atom. The van der Waals surface area contributed by atoms with Crippen LogP contribution in [0.3, 0.4) is 0 Å². The van der Waals surface area contributed by atoms with Crippen LogP contribution >= 0.6 is 0 Å². The number of imide groups is 2. The minimum Gasteiger partial charge on any atom is -0.289 e. The van der Waals surface area contributed by atoms with Crippen molar-refractivity contribution in [3.8, 4) is 0 Å². The van der Waals surface area contributed by atoms with Crippen LogP contribution in [0.25, 0.3) is 0 Å². The molecule has 0 radical (unpaired) electrons. The third kappa shape index (κ3) is 2.07. The number of piperidine rings is 2. The van der Waals surface area contributed by atoms with Gasteiger partial charge in [-0.1, -0.05) is 49.4 Å². The summed E-state index contributed by atoms with van der Waals surface area (Å²) < 4.78 is 0. The Hall–Kier alpha value is -3.74. The molecule has 1 aromatic carbocycles. The zero-order valence-electron chi connectivity index (χ0n) is 15.8. The fourth-order valence-electron chi connectivity index (χ4n) is 4.75. The average Bonchev–Trinajstić information content (AvgIpc) is 2.70. The van der Waals surface area contributed by atoms with Crippen LogP contribution < -0.4 is 10.3 Å². The number of nitrogens with zero attached hydrogens (tertiary/aromatic N) is 2. The number of hydrazine groups is 1. The summed E-state index contributed by atoms with van der Waals surface area (Å²) in [6.07, 6.45) is 6.35. The normalized spacial score (nSPS) is 27.4. The maximum absolute atomic E-state index is 13.4. The Labute approximate surface area is 166 Å². The monoisotopic (exact) mass is 387 g/mol. The van der Waals surface area contributed by atoms with Gasteiger partial charge in [-0.3, -0.25) is 29.5 Å². The van der Waals surface area contributed by atoms with Crippen LogP contribution in [-0.2, 0) is 19.2 Å². The standard InChI is InChI=1S/C22H17N3O4/c1-22-15-10-8-13-17(22)14(9-11-16(22)19(27)23-18(15)26)21(29)25(20(13)28)24(2)12-6-4-3-5-7-12/h3-11,17H,1-2H3,(H,23,26,27). The Kier molecular flexibility index (Phi) is 3.37. The molecule has 4 aliphatic rings. The molecule has 2 heterocycles. The quantitative estimate of drug-likeness (QED) is 0.776. The van der Waals surface area contributed by atoms with Gasteiger partial charge in [-0.05, 0) is 12.1 Å². The molecule has 144 valence electrons. The minimum absolute atomic E-state index is 0.383. The van der Waals surface area contributed by atoms with Crippen molar-refractivity contribution in [3.05, 3.63) is 76.9 Å². The molecular weight excluding hydrogens is 370 g/mol. The SMILES string of the molecule is CN(c1ccccc1)N1C(=O)C2=CC=C3C(=O)NC(=O)C4=CC=C(C1=O)C2C34C. The van der Waals surface area contributed by atoms with Gasteiger partial charge in [0.2, 0.25) is 0 Å². The fourth-order valence-corrected chi connectivity index (χ4v) is 4.75. The zero-order chi connectivity index (χ0) is 20.5. The maximum Gasteiger partial charge on any atom is 0.276 e. The number of allylic oxidation sites excluding steroid dienone is 4. The smallest absolute Gasteiger partial charge is 0.276 e. The summed E-state index contributed by atoms with van der Waals surface area (Å²) in [6, 6.07) is 9.11. The van der Waals surface area contributed by atoms with E-state index in [0.717, 1.165) is 5.01 Å². The topological polar surface area (TPSA) is 86.8 Å². The number of hydrogen-bond donors (Lipinski definition) is 1. The van der Waals surface area contributed by atoms with E-state index < -0.39 is 35.0 Å². The van der Waals surface area contributed by atoms with E-state index in [1.165, 1.54) is 5.01 Å². The van der Waals surface area contributed by atoms with Crippen LogP contribution in [0, 0.1) is 11.3 Å². The van der Waals surface area contributed by atoms with Crippen LogP contribution in [-0.4, -0.2) is 35.7 Å². The van der Waals surface area contributed by atoms with Crippen molar-refractivity contribution in [1.82, 2.24) is 10.3 Å². The van der Waals surface area contributed by atoms with E-state index >= 15 is 0 Å². The number of rotatable bonds is 2. The first-order chi connectivity index (χ1) is 13.9. The molecule has 2 aliphatic carbocycles. The predicted octanol–water partition coefficient (Wildman–Crippen LogP) is 1.42. The number of carbonyl (C=O) groups is 4. The minimum atomic E-state index is -1.05. The molecule has 0 unspecified atom stereocenters. The first-order valence-electron chi connectivity index (χ1n) is 9.23. The number of nitrogens with one attached hydrogen (secondary N) is 1. The van der Waals surface area contributed by atoms with Gasteiger partial charge in [-0.15, -0.1) is 0 Å². The summed E-state index contributed by atoms with van der Waals surface area (Å²) in [5, 5.41) is 4.96. The van der Waals surface area contributed by atoms with Crippen molar-refractivity contribution < 1.29 is 19.2 Å². The van der Waals surface area contributed by atoms with Crippen molar-refractivity contribution in [2.45, 2.75) is 6.92 Å². The molecule has 0 aromatic heterocycles. The molecule has 1 N–H and O–H groups in total. The molecule has 0 atom stereocenters. The molecule has 0 saturated carbocycles. The van der Waals surface area contributed by atoms with E-state index in [-0.39, 0.29) is 0 Å². The number of hydrogen-bond acceptors (Lipinski definition) is 5. The highest BCUT2D eigenvalue weighted by Gasteiger charge is 2.59. The van der Waals surface area contributed by atoms with Crippen molar-refractivity contribution in [3.63, 3.8) is 0 Å². The van der Waals surface area contributed by atoms with Gasteiger partial charge < -0.3 is 0 Å². The highest BCUT2D eigenvalue weighted by Crippen LogP contribution is 2.56. The van der Waals surface area contributed by atoms with E-state index in [9.17, 15) is 19.2 Å². The lowest BCUT2D eigenvalue weighted by Gasteiger charge is -2.51. The third-order valence-corrected chi connectivity index (χ3v) is 6.20. The molecule has 4 amide bonds. The second kappa shape index (κ2) is 5.64. The summed E-state index contributed by atoms with van der Waals surface area (Å²) in [6.45, 7) is 1.75. The Morgan fingerprint density at radius 2 is 1.38 bits per heavy atom. The third-order valence-electron chi connectivity index (χ3n) is 6.20. The average molecular weight is 387 g/mol. The van der Waals surface area contributed by atoms with Crippen molar-refractivity contribution in [2.75, 3.05) is 12.1 Å². The summed E-state index contributed by atoms with van der Waals surface area (Å²) in [5.74, 6) is -2.57. The molecule has 7 heteroatoms. The van der Waals surface area contributed by atoms with E-state index in [2.05, 4.69) is 5.32 Å². The van der Waals surface area contributed by atoms with Gasteiger partial charge in [-0.2, -0.15) is 5.01 Å². The molecule has 5 rings (SSSR count). The number of benzene rings is 1. The maximum atomic E-state index is 13.4. The van der Waals surface area contributed by atoms with Crippen LogP contribution in [0.1, 0.15) is 6.92 Å². The van der Waals surface area contributed by atoms with Gasteiger partial charge in [0, 0.05) is 40.7 Å². The van der Waals surface area contributed by atoms with Crippen molar-refractivity contribution in [1.29, 1.82) is 0 Å². The van der Waals surface area contributed by atoms with Crippen molar-refractivity contribution in [2.24, 2.45) is 11.3 Å². The first-order valence-corrected chi connectivity index (χ1v) is 9.23. The highest BCUT2D eigenvalue weighted by atomic mass is 16.2. The molecule has 2 aliphatic heterocycles. The number of anilines is 1. The van der Waals surface area contributed by atoms with E-state index in [1.807, 2.05) is 18.2 Å². The second-order valence-corrected chi connectivity index (χ2v) is 7.60. The Morgan fingerprint density at radius 3 is 1.90 bits per heavy atom. The first kappa shape index (κ1) is 17.4. The molecule has 0 bridgehead atoms. The second-order valence-electron chi connectivity index (χ2n) is 7.60. The van der Waals surface area contributed by atoms with Gasteiger partial charge in [0.1, 0.15) is 0 Å². The lowest BCUT2D eigenvalue weighted by atomic mass is 9.55. The van der Waals surface area contributed by atoms with Gasteiger partial charge in [0.25, 0.3) is 23.6 Å². The fraction of sp³-hybridized carbons (Fsp3) is 0.182. The molecule has 1 aromatic rings. The van der Waals surface area contributed by atoms with Gasteiger partial charge in [0.05, 0.1) is 5.69 Å². The van der Waals surface area contributed by atoms with Crippen LogP contribution in [0.4, 0.5) is 5.69 Å².